The normalized spacial score (nSPS) is 18.0. The molecule has 3 N–H and O–H groups in total. The van der Waals surface area contributed by atoms with Crippen molar-refractivity contribution in [1.82, 2.24) is 20.9 Å². The fraction of sp³-hybridized carbons (Fsp3) is 0.467. The van der Waals surface area contributed by atoms with Gasteiger partial charge in [-0.25, -0.2) is 0 Å². The molecule has 130 valence electrons. The zero-order chi connectivity index (χ0) is 17.4. The molecule has 2 amide bonds. The molecule has 9 nitrogen and oxygen atoms in total. The van der Waals surface area contributed by atoms with E-state index < -0.39 is 16.7 Å². The highest BCUT2D eigenvalue weighted by Gasteiger charge is 2.14. The average molecular weight is 335 g/mol. The van der Waals surface area contributed by atoms with Crippen LogP contribution < -0.4 is 16.0 Å². The minimum atomic E-state index is -0.633. The maximum Gasteiger partial charge on any atom is 0.309 e. The summed E-state index contributed by atoms with van der Waals surface area (Å²) < 4.78 is 0. The third kappa shape index (κ3) is 5.60. The summed E-state index contributed by atoms with van der Waals surface area (Å²) in [7, 11) is 0. The van der Waals surface area contributed by atoms with Gasteiger partial charge in [-0.15, -0.1) is 0 Å². The number of nitro benzene ring substituents is 1. The van der Waals surface area contributed by atoms with Crippen LogP contribution in [-0.4, -0.2) is 60.9 Å². The maximum atomic E-state index is 11.6. The van der Waals surface area contributed by atoms with Crippen LogP contribution in [0.2, 0.25) is 0 Å². The molecule has 0 bridgehead atoms. The lowest BCUT2D eigenvalue weighted by atomic mass is 10.2. The van der Waals surface area contributed by atoms with Gasteiger partial charge >= 0.3 is 11.8 Å². The lowest BCUT2D eigenvalue weighted by Gasteiger charge is -2.23. The molecule has 0 unspecified atom stereocenters. The van der Waals surface area contributed by atoms with Crippen molar-refractivity contribution in [2.45, 2.75) is 6.54 Å². The lowest BCUT2D eigenvalue weighted by molar-refractivity contribution is -0.384. The molecule has 0 spiro atoms. The molecular formula is C15H21N5O4. The van der Waals surface area contributed by atoms with Crippen molar-refractivity contribution in [3.05, 3.63) is 39.9 Å². The van der Waals surface area contributed by atoms with Crippen molar-refractivity contribution in [3.63, 3.8) is 0 Å². The number of carbonyl (C=O) groups is 2. The van der Waals surface area contributed by atoms with Gasteiger partial charge < -0.3 is 16.0 Å². The topological polar surface area (TPSA) is 117 Å². The van der Waals surface area contributed by atoms with Crippen molar-refractivity contribution in [2.24, 2.45) is 0 Å². The number of nitro groups is 1. The number of nitrogens with zero attached hydrogens (tertiary/aromatic N) is 2. The van der Waals surface area contributed by atoms with Crippen molar-refractivity contribution < 1.29 is 14.5 Å². The van der Waals surface area contributed by atoms with E-state index in [0.29, 0.717) is 32.7 Å². The third-order valence-electron chi connectivity index (χ3n) is 3.67. The molecule has 1 aliphatic heterocycles. The number of nitrogens with one attached hydrogen (secondary N) is 3. The first-order valence-electron chi connectivity index (χ1n) is 7.78. The van der Waals surface area contributed by atoms with E-state index in [1.165, 1.54) is 12.1 Å². The van der Waals surface area contributed by atoms with E-state index in [1.807, 2.05) is 0 Å². The Hall–Kier alpha value is -2.52. The minimum absolute atomic E-state index is 0.0624. The molecular weight excluding hydrogens is 314 g/mol. The number of carbonyl (C=O) groups excluding carboxylic acids is 2. The predicted molar refractivity (Wildman–Crippen MR) is 87.3 cm³/mol. The van der Waals surface area contributed by atoms with Crippen LogP contribution in [0.25, 0.3) is 0 Å². The highest BCUT2D eigenvalue weighted by atomic mass is 16.6. The Labute approximate surface area is 139 Å². The van der Waals surface area contributed by atoms with Crippen LogP contribution >= 0.6 is 0 Å². The number of benzene rings is 1. The molecule has 24 heavy (non-hydrogen) atoms. The van der Waals surface area contributed by atoms with Gasteiger partial charge in [0, 0.05) is 57.9 Å². The molecule has 0 aromatic heterocycles. The molecule has 1 aromatic carbocycles. The van der Waals surface area contributed by atoms with Gasteiger partial charge in [0.2, 0.25) is 0 Å². The summed E-state index contributed by atoms with van der Waals surface area (Å²) in [6, 6.07) is 6.42. The Morgan fingerprint density at radius 3 is 2.25 bits per heavy atom. The Kier molecular flexibility index (Phi) is 6.64. The fourth-order valence-electron chi connectivity index (χ4n) is 2.37. The second-order valence-corrected chi connectivity index (χ2v) is 5.46. The quantitative estimate of drug-likeness (QED) is 0.379. The number of amides is 2. The highest BCUT2D eigenvalue weighted by Crippen LogP contribution is 2.13. The minimum Gasteiger partial charge on any atom is -0.347 e. The Balaban J connectivity index is 1.94. The number of hydrogen-bond donors (Lipinski definition) is 3. The summed E-state index contributed by atoms with van der Waals surface area (Å²) in [5.41, 5.74) is 1.02. The van der Waals surface area contributed by atoms with Crippen LogP contribution in [0.5, 0.6) is 0 Å². The first kappa shape index (κ1) is 17.8. The van der Waals surface area contributed by atoms with Gasteiger partial charge in [-0.05, 0) is 5.56 Å². The van der Waals surface area contributed by atoms with Crippen molar-refractivity contribution in [2.75, 3.05) is 39.3 Å². The van der Waals surface area contributed by atoms with Gasteiger partial charge in [0.15, 0.2) is 0 Å². The van der Waals surface area contributed by atoms with Gasteiger partial charge in [0.25, 0.3) is 5.69 Å². The van der Waals surface area contributed by atoms with Crippen LogP contribution in [0.3, 0.4) is 0 Å². The van der Waals surface area contributed by atoms with Crippen LogP contribution in [0, 0.1) is 10.1 Å². The van der Waals surface area contributed by atoms with E-state index in [0.717, 1.165) is 18.7 Å². The van der Waals surface area contributed by atoms with E-state index in [2.05, 4.69) is 20.9 Å². The molecule has 2 rings (SSSR count). The van der Waals surface area contributed by atoms with E-state index in [1.54, 1.807) is 12.1 Å². The van der Waals surface area contributed by atoms with Crippen LogP contribution in [0.4, 0.5) is 5.69 Å². The summed E-state index contributed by atoms with van der Waals surface area (Å²) >= 11 is 0. The van der Waals surface area contributed by atoms with E-state index in [9.17, 15) is 19.7 Å². The molecule has 1 aromatic rings. The molecule has 0 saturated carbocycles. The SMILES string of the molecule is O=C1NCCNCCN(Cc2ccc([N+](=O)[O-])cc2)CCNC1=O. The first-order chi connectivity index (χ1) is 11.6. The van der Waals surface area contributed by atoms with E-state index in [-0.39, 0.29) is 5.69 Å². The maximum absolute atomic E-state index is 11.6. The van der Waals surface area contributed by atoms with Crippen LogP contribution in [0.1, 0.15) is 5.56 Å². The molecule has 0 atom stereocenters. The van der Waals surface area contributed by atoms with E-state index in [4.69, 9.17) is 0 Å². The van der Waals surface area contributed by atoms with Gasteiger partial charge in [-0.2, -0.15) is 0 Å². The third-order valence-corrected chi connectivity index (χ3v) is 3.67. The first-order valence-corrected chi connectivity index (χ1v) is 7.78. The standard InChI is InChI=1S/C15H21N5O4/c21-14-15(22)18-8-10-19(9-7-16-5-6-17-14)11-12-1-3-13(4-2-12)20(23)24/h1-4,16H,5-11H2,(H,17,21)(H,18,22). The summed E-state index contributed by atoms with van der Waals surface area (Å²) in [6.45, 7) is 4.05. The summed E-state index contributed by atoms with van der Waals surface area (Å²) in [4.78, 5) is 35.4. The van der Waals surface area contributed by atoms with Crippen LogP contribution in [0.15, 0.2) is 24.3 Å². The molecule has 0 radical (unpaired) electrons. The average Bonchev–Trinajstić information content (AvgIpc) is 2.56. The van der Waals surface area contributed by atoms with Gasteiger partial charge in [-0.1, -0.05) is 12.1 Å². The van der Waals surface area contributed by atoms with Crippen molar-refractivity contribution in [1.29, 1.82) is 0 Å². The van der Waals surface area contributed by atoms with Crippen LogP contribution in [-0.2, 0) is 16.1 Å². The van der Waals surface area contributed by atoms with Gasteiger partial charge in [0.1, 0.15) is 0 Å². The van der Waals surface area contributed by atoms with Gasteiger partial charge in [0.05, 0.1) is 4.92 Å². The molecule has 9 heteroatoms. The second-order valence-electron chi connectivity index (χ2n) is 5.46. The zero-order valence-corrected chi connectivity index (χ0v) is 13.3. The highest BCUT2D eigenvalue weighted by molar-refractivity contribution is 6.35. The monoisotopic (exact) mass is 335 g/mol. The lowest BCUT2D eigenvalue weighted by Crippen LogP contribution is -2.46. The molecule has 1 aliphatic rings. The summed E-state index contributed by atoms with van der Waals surface area (Å²) in [5.74, 6) is -1.26. The molecule has 0 aliphatic carbocycles. The fourth-order valence-corrected chi connectivity index (χ4v) is 2.37. The smallest absolute Gasteiger partial charge is 0.309 e. The van der Waals surface area contributed by atoms with Crippen molar-refractivity contribution in [3.8, 4) is 0 Å². The Bertz CT molecular complexity index is 590. The number of hydrogen-bond acceptors (Lipinski definition) is 6. The zero-order valence-electron chi connectivity index (χ0n) is 13.3. The number of non-ortho nitro benzene ring substituents is 1. The van der Waals surface area contributed by atoms with Crippen molar-refractivity contribution >= 4 is 17.5 Å². The second kappa shape index (κ2) is 8.94. The molecule has 1 heterocycles. The van der Waals surface area contributed by atoms with E-state index >= 15 is 0 Å². The number of rotatable bonds is 3. The largest absolute Gasteiger partial charge is 0.347 e. The van der Waals surface area contributed by atoms with Gasteiger partial charge in [-0.3, -0.25) is 24.6 Å². The Morgan fingerprint density at radius 1 is 0.958 bits per heavy atom. The Morgan fingerprint density at radius 2 is 1.58 bits per heavy atom. The predicted octanol–water partition coefficient (Wildman–Crippen LogP) is -0.768. The summed E-state index contributed by atoms with van der Waals surface area (Å²) in [6.07, 6.45) is 0. The molecule has 1 fully saturated rings. The molecule has 1 saturated heterocycles. The summed E-state index contributed by atoms with van der Waals surface area (Å²) in [5, 5.41) is 19.0.